The third kappa shape index (κ3) is 2.41. The number of nitrogens with zero attached hydrogens (tertiary/aromatic N) is 1. The Morgan fingerprint density at radius 1 is 1.39 bits per heavy atom. The molecule has 0 aliphatic carbocycles. The molecule has 1 amide bonds. The highest BCUT2D eigenvalue weighted by atomic mass is 32.2. The molecule has 0 aromatic heterocycles. The summed E-state index contributed by atoms with van der Waals surface area (Å²) in [5.41, 5.74) is 0.749. The zero-order chi connectivity index (χ0) is 13.3. The van der Waals surface area contributed by atoms with E-state index in [9.17, 15) is 14.1 Å². The van der Waals surface area contributed by atoms with Crippen molar-refractivity contribution in [2.45, 2.75) is 0 Å². The van der Waals surface area contributed by atoms with Gasteiger partial charge in [-0.15, -0.1) is 5.12 Å². The first-order valence-corrected chi connectivity index (χ1v) is 5.98. The zero-order valence-electron chi connectivity index (χ0n) is 8.79. The summed E-state index contributed by atoms with van der Waals surface area (Å²) in [6.45, 7) is 0. The van der Waals surface area contributed by atoms with Crippen molar-refractivity contribution < 1.29 is 19.2 Å². The number of benzene rings is 1. The van der Waals surface area contributed by atoms with E-state index in [2.05, 4.69) is 12.2 Å². The Labute approximate surface area is 111 Å². The molecule has 2 rings (SSSR count). The fourth-order valence-corrected chi connectivity index (χ4v) is 2.39. The fraction of sp³-hybridized carbons (Fsp3) is 0. The van der Waals surface area contributed by atoms with Gasteiger partial charge < -0.3 is 5.11 Å². The van der Waals surface area contributed by atoms with Crippen molar-refractivity contribution in [2.24, 2.45) is 0 Å². The molecular weight excluding hydrogens is 277 g/mol. The number of hydrogen-bond donors (Lipinski definition) is 1. The Morgan fingerprint density at radius 2 is 2.00 bits per heavy atom. The second-order valence-electron chi connectivity index (χ2n) is 3.39. The lowest BCUT2D eigenvalue weighted by molar-refractivity contribution is -0.131. The van der Waals surface area contributed by atoms with Crippen LogP contribution in [-0.2, 0) is 4.79 Å². The summed E-state index contributed by atoms with van der Waals surface area (Å²) >= 11 is 5.51. The molecule has 1 aliphatic heterocycles. The van der Waals surface area contributed by atoms with Gasteiger partial charge in [0.2, 0.25) is 0 Å². The Hall–Kier alpha value is -1.73. The van der Waals surface area contributed by atoms with Gasteiger partial charge in [-0.25, -0.2) is 4.79 Å². The van der Waals surface area contributed by atoms with Crippen LogP contribution >= 0.6 is 24.0 Å². The van der Waals surface area contributed by atoms with Crippen molar-refractivity contribution in [3.05, 3.63) is 40.3 Å². The topological polar surface area (TPSA) is 57.6 Å². The molecule has 0 saturated carbocycles. The van der Waals surface area contributed by atoms with Crippen molar-refractivity contribution in [3.63, 3.8) is 0 Å². The molecule has 4 nitrogen and oxygen atoms in total. The number of halogens is 1. The number of hydrogen-bond acceptors (Lipinski definition) is 4. The summed E-state index contributed by atoms with van der Waals surface area (Å²) in [6.07, 6.45) is 1.46. The number of thioether (sulfide) groups is 1. The molecule has 0 bridgehead atoms. The lowest BCUT2D eigenvalue weighted by Crippen LogP contribution is -2.17. The van der Waals surface area contributed by atoms with E-state index in [-0.39, 0.29) is 19.9 Å². The molecule has 0 spiro atoms. The molecule has 1 fully saturated rings. The van der Waals surface area contributed by atoms with Crippen LogP contribution in [0.4, 0.5) is 4.48 Å². The summed E-state index contributed by atoms with van der Waals surface area (Å²) in [5, 5.41) is 8.64. The molecule has 0 unspecified atom stereocenters. The highest BCUT2D eigenvalue weighted by molar-refractivity contribution is 8.26. The summed E-state index contributed by atoms with van der Waals surface area (Å²) in [7, 11) is 0. The Kier molecular flexibility index (Phi) is 3.44. The van der Waals surface area contributed by atoms with Gasteiger partial charge in [-0.2, -0.15) is 0 Å². The predicted octanol–water partition coefficient (Wildman–Crippen LogP) is 2.47. The third-order valence-electron chi connectivity index (χ3n) is 2.20. The van der Waals surface area contributed by atoms with Crippen LogP contribution in [0.3, 0.4) is 0 Å². The molecule has 1 aromatic carbocycles. The van der Waals surface area contributed by atoms with Crippen molar-refractivity contribution in [1.29, 1.82) is 0 Å². The second kappa shape index (κ2) is 4.87. The minimum atomic E-state index is -1.03. The number of amides is 1. The maximum absolute atomic E-state index is 13.0. The first-order chi connectivity index (χ1) is 8.49. The Bertz CT molecular complexity index is 568. The van der Waals surface area contributed by atoms with E-state index in [1.807, 2.05) is 0 Å². The highest BCUT2D eigenvalue weighted by Crippen LogP contribution is 2.32. The van der Waals surface area contributed by atoms with E-state index in [0.29, 0.717) is 5.56 Å². The monoisotopic (exact) mass is 283 g/mol. The number of rotatable bonds is 2. The average Bonchev–Trinajstić information content (AvgIpc) is 2.58. The van der Waals surface area contributed by atoms with Gasteiger partial charge in [0, 0.05) is 0 Å². The third-order valence-corrected chi connectivity index (χ3v) is 3.46. The lowest BCUT2D eigenvalue weighted by Gasteiger charge is -1.98. The highest BCUT2D eigenvalue weighted by Gasteiger charge is 2.32. The van der Waals surface area contributed by atoms with Gasteiger partial charge in [0.15, 0.2) is 4.32 Å². The largest absolute Gasteiger partial charge is 0.478 e. The average molecular weight is 283 g/mol. The van der Waals surface area contributed by atoms with E-state index in [1.54, 1.807) is 0 Å². The molecule has 1 N–H and O–H groups in total. The summed E-state index contributed by atoms with van der Waals surface area (Å²) in [5.74, 6) is -1.83. The van der Waals surface area contributed by atoms with Crippen LogP contribution in [0.5, 0.6) is 0 Å². The minimum Gasteiger partial charge on any atom is -0.478 e. The van der Waals surface area contributed by atoms with Crippen LogP contribution in [0.25, 0.3) is 6.08 Å². The minimum absolute atomic E-state index is 0.0859. The number of aromatic carboxylic acids is 1. The summed E-state index contributed by atoms with van der Waals surface area (Å²) in [4.78, 5) is 22.2. The van der Waals surface area contributed by atoms with E-state index < -0.39 is 11.9 Å². The van der Waals surface area contributed by atoms with Crippen LogP contribution in [-0.4, -0.2) is 26.4 Å². The van der Waals surface area contributed by atoms with Gasteiger partial charge in [0.05, 0.1) is 10.5 Å². The first-order valence-electron chi connectivity index (χ1n) is 4.76. The molecule has 7 heteroatoms. The number of thiocarbonyl (C=S) groups is 1. The van der Waals surface area contributed by atoms with Gasteiger partial charge in [0.25, 0.3) is 5.91 Å². The van der Waals surface area contributed by atoms with E-state index >= 15 is 0 Å². The van der Waals surface area contributed by atoms with Crippen LogP contribution in [0, 0.1) is 0 Å². The standard InChI is InChI=1S/C11H6FNO3S2/c12-13-9(14)8(18-11(13)17)5-6-1-3-7(4-2-6)10(15)16/h1-5H,(H,15,16)/b8-5-. The molecule has 18 heavy (non-hydrogen) atoms. The molecular formula is C11H6FNO3S2. The second-order valence-corrected chi connectivity index (χ2v) is 5.07. The summed E-state index contributed by atoms with van der Waals surface area (Å²) < 4.78 is 12.9. The van der Waals surface area contributed by atoms with E-state index in [4.69, 9.17) is 5.11 Å². The first kappa shape index (κ1) is 12.7. The van der Waals surface area contributed by atoms with Crippen LogP contribution in [0.1, 0.15) is 15.9 Å². The normalized spacial score (nSPS) is 17.6. The quantitative estimate of drug-likeness (QED) is 0.513. The van der Waals surface area contributed by atoms with Crippen molar-refractivity contribution in [1.82, 2.24) is 5.12 Å². The van der Waals surface area contributed by atoms with Gasteiger partial charge in [-0.05, 0) is 36.0 Å². The number of carboxylic acids is 1. The zero-order valence-corrected chi connectivity index (χ0v) is 10.4. The molecule has 0 atom stereocenters. The van der Waals surface area contributed by atoms with Crippen molar-refractivity contribution >= 4 is 46.3 Å². The SMILES string of the molecule is O=C(O)c1ccc(/C=C2\SC(=S)N(F)C2=O)cc1. The van der Waals surface area contributed by atoms with Crippen LogP contribution in [0.2, 0.25) is 0 Å². The van der Waals surface area contributed by atoms with E-state index in [0.717, 1.165) is 11.8 Å². The smallest absolute Gasteiger partial charge is 0.335 e. The number of carbonyl (C=O) groups excluding carboxylic acids is 1. The number of carbonyl (C=O) groups is 2. The maximum Gasteiger partial charge on any atom is 0.335 e. The maximum atomic E-state index is 13.0. The Balaban J connectivity index is 2.26. The molecule has 1 aliphatic rings. The molecule has 1 heterocycles. The van der Waals surface area contributed by atoms with Gasteiger partial charge in [0.1, 0.15) is 0 Å². The fourth-order valence-electron chi connectivity index (χ4n) is 1.32. The molecule has 1 saturated heterocycles. The lowest BCUT2D eigenvalue weighted by atomic mass is 10.1. The van der Waals surface area contributed by atoms with Crippen molar-refractivity contribution in [3.8, 4) is 0 Å². The van der Waals surface area contributed by atoms with Crippen LogP contribution < -0.4 is 0 Å². The van der Waals surface area contributed by atoms with Gasteiger partial charge >= 0.3 is 5.97 Å². The molecule has 0 radical (unpaired) electrons. The van der Waals surface area contributed by atoms with Gasteiger partial charge in [-0.3, -0.25) is 4.79 Å². The van der Waals surface area contributed by atoms with E-state index in [1.165, 1.54) is 30.3 Å². The molecule has 1 aromatic rings. The van der Waals surface area contributed by atoms with Crippen LogP contribution in [0.15, 0.2) is 29.2 Å². The Morgan fingerprint density at radius 3 is 2.44 bits per heavy atom. The van der Waals surface area contributed by atoms with Crippen molar-refractivity contribution in [2.75, 3.05) is 0 Å². The van der Waals surface area contributed by atoms with Gasteiger partial charge in [-0.1, -0.05) is 28.4 Å². The number of carboxylic acid groups (broad SMARTS) is 1. The molecule has 92 valence electrons. The summed E-state index contributed by atoms with van der Waals surface area (Å²) in [6, 6.07) is 5.89. The predicted molar refractivity (Wildman–Crippen MR) is 69.5 cm³/mol.